The Morgan fingerprint density at radius 3 is 2.68 bits per heavy atom. The summed E-state index contributed by atoms with van der Waals surface area (Å²) in [7, 11) is 0. The van der Waals surface area contributed by atoms with Crippen LogP contribution in [0.1, 0.15) is 25.1 Å². The molecular weight excluding hydrogens is 316 g/mol. The van der Waals surface area contributed by atoms with Crippen molar-refractivity contribution in [2.24, 2.45) is 0 Å². The number of H-pyrrole nitrogens is 1. The molecule has 4 rings (SSSR count). The molecule has 1 aliphatic heterocycles. The molecule has 2 amide bonds. The molecule has 0 aliphatic carbocycles. The van der Waals surface area contributed by atoms with Gasteiger partial charge in [0, 0.05) is 30.4 Å². The van der Waals surface area contributed by atoms with Crippen LogP contribution in [0.5, 0.6) is 0 Å². The van der Waals surface area contributed by atoms with Gasteiger partial charge in [0.15, 0.2) is 0 Å². The van der Waals surface area contributed by atoms with Crippen LogP contribution in [0.15, 0.2) is 36.4 Å². The molecular formula is C19H18N4O2. The molecule has 1 aromatic heterocycles. The van der Waals surface area contributed by atoms with Crippen LogP contribution in [0.4, 0.5) is 5.69 Å². The second-order valence-corrected chi connectivity index (χ2v) is 6.29. The number of hydrogen-bond acceptors (Lipinski definition) is 3. The number of nitrogens with one attached hydrogen (secondary N) is 2. The average molecular weight is 334 g/mol. The van der Waals surface area contributed by atoms with E-state index >= 15 is 0 Å². The fraction of sp³-hybridized carbons (Fsp3) is 0.211. The third-order valence-corrected chi connectivity index (χ3v) is 4.58. The quantitative estimate of drug-likeness (QED) is 0.756. The van der Waals surface area contributed by atoms with Crippen LogP contribution in [0, 0.1) is 0 Å². The lowest BCUT2D eigenvalue weighted by atomic mass is 9.99. The van der Waals surface area contributed by atoms with Crippen LogP contribution in [0.2, 0.25) is 0 Å². The van der Waals surface area contributed by atoms with Crippen molar-refractivity contribution < 1.29 is 9.59 Å². The van der Waals surface area contributed by atoms with E-state index in [1.54, 1.807) is 11.8 Å². The van der Waals surface area contributed by atoms with Crippen LogP contribution < -0.4 is 5.32 Å². The van der Waals surface area contributed by atoms with Crippen molar-refractivity contribution in [3.05, 3.63) is 47.7 Å². The summed E-state index contributed by atoms with van der Waals surface area (Å²) >= 11 is 0. The molecule has 1 aliphatic rings. The first-order valence-electron chi connectivity index (χ1n) is 8.16. The first-order chi connectivity index (χ1) is 12.0. The van der Waals surface area contributed by atoms with E-state index in [1.807, 2.05) is 36.4 Å². The minimum absolute atomic E-state index is 0.0381. The molecule has 0 saturated carbocycles. The van der Waals surface area contributed by atoms with Gasteiger partial charge in [0.1, 0.15) is 0 Å². The molecule has 0 spiro atoms. The number of carbonyl (C=O) groups excluding carboxylic acids is 2. The van der Waals surface area contributed by atoms with E-state index < -0.39 is 0 Å². The zero-order valence-corrected chi connectivity index (χ0v) is 14.1. The Morgan fingerprint density at radius 2 is 1.92 bits per heavy atom. The number of carbonyl (C=O) groups is 2. The second kappa shape index (κ2) is 5.73. The lowest BCUT2D eigenvalue weighted by Gasteiger charge is -2.15. The topological polar surface area (TPSA) is 78.1 Å². The van der Waals surface area contributed by atoms with Crippen LogP contribution in [0.25, 0.3) is 22.0 Å². The zero-order chi connectivity index (χ0) is 17.6. The lowest BCUT2D eigenvalue weighted by molar-refractivity contribution is -0.129. The molecule has 0 atom stereocenters. The van der Waals surface area contributed by atoms with Crippen LogP contribution >= 0.6 is 0 Å². The van der Waals surface area contributed by atoms with Crippen molar-refractivity contribution in [3.8, 4) is 11.3 Å². The van der Waals surface area contributed by atoms with Gasteiger partial charge in [0.25, 0.3) is 0 Å². The highest BCUT2D eigenvalue weighted by atomic mass is 16.2. The van der Waals surface area contributed by atoms with Gasteiger partial charge in [0.2, 0.25) is 11.8 Å². The summed E-state index contributed by atoms with van der Waals surface area (Å²) in [6, 6.07) is 11.9. The number of anilines is 1. The van der Waals surface area contributed by atoms with Crippen LogP contribution in [-0.2, 0) is 22.7 Å². The van der Waals surface area contributed by atoms with E-state index in [1.165, 1.54) is 6.92 Å². The van der Waals surface area contributed by atoms with E-state index in [0.29, 0.717) is 13.1 Å². The second-order valence-electron chi connectivity index (χ2n) is 6.29. The minimum atomic E-state index is -0.129. The predicted molar refractivity (Wildman–Crippen MR) is 95.8 cm³/mol. The fourth-order valence-electron chi connectivity index (χ4n) is 3.37. The van der Waals surface area contributed by atoms with Gasteiger partial charge in [-0.3, -0.25) is 14.7 Å². The van der Waals surface area contributed by atoms with E-state index in [9.17, 15) is 9.59 Å². The molecule has 2 heterocycles. The van der Waals surface area contributed by atoms with E-state index in [-0.39, 0.29) is 11.8 Å². The highest BCUT2D eigenvalue weighted by Gasteiger charge is 2.28. The first kappa shape index (κ1) is 15.4. The van der Waals surface area contributed by atoms with Crippen molar-refractivity contribution in [1.29, 1.82) is 0 Å². The zero-order valence-electron chi connectivity index (χ0n) is 14.1. The highest BCUT2D eigenvalue weighted by molar-refractivity contribution is 6.07. The summed E-state index contributed by atoms with van der Waals surface area (Å²) in [4.78, 5) is 25.2. The number of hydrogen-bond donors (Lipinski definition) is 2. The van der Waals surface area contributed by atoms with E-state index in [0.717, 1.165) is 39.0 Å². The Kier molecular flexibility index (Phi) is 3.53. The average Bonchev–Trinajstić information content (AvgIpc) is 3.16. The standard InChI is InChI=1S/C19H18N4O2/c1-11(24)20-18-14-6-4-3-5-13(14)7-8-15(18)19-16-9-23(12(2)25)10-17(16)21-22-19/h3-8H,9-10H2,1-2H3,(H,20,24)(H,21,22). The molecule has 0 unspecified atom stereocenters. The Labute approximate surface area is 144 Å². The molecule has 2 aromatic carbocycles. The molecule has 3 aromatic rings. The van der Waals surface area contributed by atoms with Gasteiger partial charge < -0.3 is 10.2 Å². The van der Waals surface area contributed by atoms with E-state index in [4.69, 9.17) is 0 Å². The normalized spacial score (nSPS) is 13.1. The Balaban J connectivity index is 1.89. The maximum absolute atomic E-state index is 11.8. The molecule has 0 saturated heterocycles. The Morgan fingerprint density at radius 1 is 1.12 bits per heavy atom. The van der Waals surface area contributed by atoms with Gasteiger partial charge in [0.05, 0.1) is 30.2 Å². The summed E-state index contributed by atoms with van der Waals surface area (Å²) in [5.74, 6) is -0.0914. The van der Waals surface area contributed by atoms with E-state index in [2.05, 4.69) is 15.5 Å². The molecule has 6 nitrogen and oxygen atoms in total. The number of nitrogens with zero attached hydrogens (tertiary/aromatic N) is 2. The van der Waals surface area contributed by atoms with Gasteiger partial charge in [-0.15, -0.1) is 0 Å². The first-order valence-corrected chi connectivity index (χ1v) is 8.16. The summed E-state index contributed by atoms with van der Waals surface area (Å²) in [6.07, 6.45) is 0. The predicted octanol–water partition coefficient (Wildman–Crippen LogP) is 3.05. The SMILES string of the molecule is CC(=O)Nc1c(-c2n[nH]c3c2CN(C(C)=O)C3)ccc2ccccc12. The number of benzene rings is 2. The van der Waals surface area contributed by atoms with Gasteiger partial charge in [-0.1, -0.05) is 30.3 Å². The molecule has 0 bridgehead atoms. The summed E-state index contributed by atoms with van der Waals surface area (Å²) < 4.78 is 0. The number of rotatable bonds is 2. The van der Waals surface area contributed by atoms with Gasteiger partial charge in [-0.25, -0.2) is 0 Å². The smallest absolute Gasteiger partial charge is 0.221 e. The van der Waals surface area contributed by atoms with Crippen molar-refractivity contribution in [1.82, 2.24) is 15.1 Å². The molecule has 6 heteroatoms. The number of fused-ring (bicyclic) bond motifs is 2. The van der Waals surface area contributed by atoms with Crippen LogP contribution in [-0.4, -0.2) is 26.9 Å². The number of aromatic nitrogens is 2. The molecule has 126 valence electrons. The third-order valence-electron chi connectivity index (χ3n) is 4.58. The largest absolute Gasteiger partial charge is 0.333 e. The Hall–Kier alpha value is -3.15. The maximum Gasteiger partial charge on any atom is 0.221 e. The van der Waals surface area contributed by atoms with Crippen molar-refractivity contribution >= 4 is 28.3 Å². The van der Waals surface area contributed by atoms with Gasteiger partial charge in [-0.2, -0.15) is 5.10 Å². The summed E-state index contributed by atoms with van der Waals surface area (Å²) in [6.45, 7) is 4.14. The van der Waals surface area contributed by atoms with Crippen LogP contribution in [0.3, 0.4) is 0 Å². The molecule has 25 heavy (non-hydrogen) atoms. The Bertz CT molecular complexity index is 1010. The fourth-order valence-corrected chi connectivity index (χ4v) is 3.37. The lowest BCUT2D eigenvalue weighted by Crippen LogP contribution is -2.22. The highest BCUT2D eigenvalue weighted by Crippen LogP contribution is 2.38. The minimum Gasteiger partial charge on any atom is -0.333 e. The monoisotopic (exact) mass is 334 g/mol. The molecule has 2 N–H and O–H groups in total. The van der Waals surface area contributed by atoms with Gasteiger partial charge in [-0.05, 0) is 11.5 Å². The van der Waals surface area contributed by atoms with Crippen molar-refractivity contribution in [2.75, 3.05) is 5.32 Å². The number of amides is 2. The molecule has 0 fully saturated rings. The van der Waals surface area contributed by atoms with Gasteiger partial charge >= 0.3 is 0 Å². The van der Waals surface area contributed by atoms with Crippen molar-refractivity contribution in [2.45, 2.75) is 26.9 Å². The summed E-state index contributed by atoms with van der Waals surface area (Å²) in [5.41, 5.74) is 4.36. The van der Waals surface area contributed by atoms with Crippen molar-refractivity contribution in [3.63, 3.8) is 0 Å². The maximum atomic E-state index is 11.8. The number of aromatic amines is 1. The molecule has 0 radical (unpaired) electrons. The third kappa shape index (κ3) is 2.55. The summed E-state index contributed by atoms with van der Waals surface area (Å²) in [5, 5.41) is 12.5.